The van der Waals surface area contributed by atoms with Crippen molar-refractivity contribution in [1.29, 1.82) is 0 Å². The maximum atomic E-state index is 11.2. The summed E-state index contributed by atoms with van der Waals surface area (Å²) < 4.78 is 11.2. The molecule has 2 heterocycles. The highest BCUT2D eigenvalue weighted by Crippen LogP contribution is 2.32. The second-order valence-electron chi connectivity index (χ2n) is 5.68. The van der Waals surface area contributed by atoms with Crippen LogP contribution in [0.15, 0.2) is 60.9 Å². The second-order valence-corrected chi connectivity index (χ2v) is 5.68. The third-order valence-electron chi connectivity index (χ3n) is 3.51. The molecule has 0 atom stereocenters. The van der Waals surface area contributed by atoms with Crippen molar-refractivity contribution in [2.24, 2.45) is 0 Å². The first-order chi connectivity index (χ1) is 13.5. The normalized spacial score (nSPS) is 10.2. The molecule has 1 aromatic carbocycles. The van der Waals surface area contributed by atoms with Crippen molar-refractivity contribution in [2.75, 3.05) is 5.32 Å². The molecule has 1 N–H and O–H groups in total. The summed E-state index contributed by atoms with van der Waals surface area (Å²) in [5.74, 6) is 0.542. The molecule has 0 bridgehead atoms. The highest BCUT2D eigenvalue weighted by atomic mass is 16.6. The largest absolute Gasteiger partial charge is 0.482 e. The van der Waals surface area contributed by atoms with Crippen LogP contribution >= 0.6 is 0 Å². The van der Waals surface area contributed by atoms with Crippen LogP contribution < -0.4 is 14.8 Å². The number of benzene rings is 1. The summed E-state index contributed by atoms with van der Waals surface area (Å²) in [5, 5.41) is 13.8. The van der Waals surface area contributed by atoms with Crippen molar-refractivity contribution >= 4 is 17.4 Å². The lowest BCUT2D eigenvalue weighted by molar-refractivity contribution is -0.386. The highest BCUT2D eigenvalue weighted by Gasteiger charge is 2.18. The van der Waals surface area contributed by atoms with Crippen molar-refractivity contribution in [3.8, 4) is 17.4 Å². The van der Waals surface area contributed by atoms with Crippen LogP contribution in [0.25, 0.3) is 0 Å². The second kappa shape index (κ2) is 8.58. The number of hydrogen-bond donors (Lipinski definition) is 1. The van der Waals surface area contributed by atoms with Crippen LogP contribution in [0.5, 0.6) is 17.4 Å². The number of pyridine rings is 2. The minimum Gasteiger partial charge on any atom is -0.482 e. The van der Waals surface area contributed by atoms with Crippen LogP contribution in [0.1, 0.15) is 12.5 Å². The Labute approximate surface area is 160 Å². The fourth-order valence-electron chi connectivity index (χ4n) is 2.30. The van der Waals surface area contributed by atoms with Gasteiger partial charge in [0.2, 0.25) is 17.5 Å². The number of nitrogens with one attached hydrogen (secondary N) is 1. The van der Waals surface area contributed by atoms with E-state index in [1.54, 1.807) is 6.07 Å². The molecule has 0 aliphatic rings. The Morgan fingerprint density at radius 3 is 2.68 bits per heavy atom. The lowest BCUT2D eigenvalue weighted by Gasteiger charge is -2.10. The molecule has 9 heteroatoms. The molecule has 1 amide bonds. The molecule has 9 nitrogen and oxygen atoms in total. The minimum atomic E-state index is -0.571. The number of nitrogens with zero attached hydrogens (tertiary/aromatic N) is 3. The van der Waals surface area contributed by atoms with Crippen LogP contribution in [-0.4, -0.2) is 20.8 Å². The summed E-state index contributed by atoms with van der Waals surface area (Å²) in [7, 11) is 0. The average Bonchev–Trinajstić information content (AvgIpc) is 2.67. The Morgan fingerprint density at radius 1 is 1.18 bits per heavy atom. The third-order valence-corrected chi connectivity index (χ3v) is 3.51. The van der Waals surface area contributed by atoms with Gasteiger partial charge in [-0.1, -0.05) is 30.3 Å². The van der Waals surface area contributed by atoms with Crippen molar-refractivity contribution in [2.45, 2.75) is 13.5 Å². The first-order valence-electron chi connectivity index (χ1n) is 8.24. The fraction of sp³-hybridized carbons (Fsp3) is 0.105. The molecule has 0 saturated carbocycles. The minimum absolute atomic E-state index is 0.0370. The molecule has 0 aliphatic carbocycles. The van der Waals surface area contributed by atoms with Gasteiger partial charge in [-0.2, -0.15) is 0 Å². The number of carbonyl (C=O) groups excluding carboxylic acids is 1. The number of aromatic nitrogens is 2. The quantitative estimate of drug-likeness (QED) is 0.490. The number of ether oxygens (including phenoxy) is 2. The molecule has 2 aromatic heterocycles. The number of nitro groups is 1. The first kappa shape index (κ1) is 18.8. The Bertz CT molecular complexity index is 995. The summed E-state index contributed by atoms with van der Waals surface area (Å²) in [4.78, 5) is 29.8. The fourth-order valence-corrected chi connectivity index (χ4v) is 2.30. The molecule has 0 unspecified atom stereocenters. The molecule has 0 aliphatic heterocycles. The molecular weight excluding hydrogens is 364 g/mol. The maximum absolute atomic E-state index is 11.2. The van der Waals surface area contributed by atoms with Gasteiger partial charge in [0.15, 0.2) is 0 Å². The van der Waals surface area contributed by atoms with E-state index in [1.807, 2.05) is 30.3 Å². The van der Waals surface area contributed by atoms with Gasteiger partial charge in [-0.05, 0) is 11.6 Å². The van der Waals surface area contributed by atoms with E-state index in [9.17, 15) is 14.9 Å². The van der Waals surface area contributed by atoms with E-state index in [2.05, 4.69) is 15.3 Å². The Balaban J connectivity index is 1.80. The predicted molar refractivity (Wildman–Crippen MR) is 100 cm³/mol. The molecule has 3 aromatic rings. The summed E-state index contributed by atoms with van der Waals surface area (Å²) in [6, 6.07) is 13.7. The van der Waals surface area contributed by atoms with Gasteiger partial charge in [0.1, 0.15) is 24.4 Å². The SMILES string of the molecule is CC(=O)Nc1cc(Oc2cc(OCc3ccccc3)c([N+](=O)[O-])cn2)ccn1. The molecule has 28 heavy (non-hydrogen) atoms. The summed E-state index contributed by atoms with van der Waals surface area (Å²) in [6.07, 6.45) is 2.53. The van der Waals surface area contributed by atoms with Crippen LogP contribution in [0.2, 0.25) is 0 Å². The van der Waals surface area contributed by atoms with Gasteiger partial charge < -0.3 is 14.8 Å². The molecule has 142 valence electrons. The highest BCUT2D eigenvalue weighted by molar-refractivity contribution is 5.87. The van der Waals surface area contributed by atoms with Crippen LogP contribution in [0.3, 0.4) is 0 Å². The van der Waals surface area contributed by atoms with E-state index in [-0.39, 0.29) is 29.8 Å². The number of anilines is 1. The summed E-state index contributed by atoms with van der Waals surface area (Å²) in [5.41, 5.74) is 0.599. The summed E-state index contributed by atoms with van der Waals surface area (Å²) in [6.45, 7) is 1.52. The van der Waals surface area contributed by atoms with Gasteiger partial charge in [-0.3, -0.25) is 14.9 Å². The van der Waals surface area contributed by atoms with Gasteiger partial charge in [0, 0.05) is 19.2 Å². The van der Waals surface area contributed by atoms with E-state index in [0.717, 1.165) is 11.8 Å². The maximum Gasteiger partial charge on any atom is 0.329 e. The van der Waals surface area contributed by atoms with Crippen LogP contribution in [-0.2, 0) is 11.4 Å². The zero-order valence-electron chi connectivity index (χ0n) is 14.9. The smallest absolute Gasteiger partial charge is 0.329 e. The van der Waals surface area contributed by atoms with Crippen LogP contribution in [0.4, 0.5) is 11.5 Å². The standard InChI is InChI=1S/C19H16N4O5/c1-13(24)22-18-9-15(7-8-20-18)28-19-10-17(16(11-21-19)23(25)26)27-12-14-5-3-2-4-6-14/h2-11H,12H2,1H3,(H,20,22,24). The van der Waals surface area contributed by atoms with Crippen molar-refractivity contribution in [3.05, 3.63) is 76.6 Å². The van der Waals surface area contributed by atoms with E-state index >= 15 is 0 Å². The van der Waals surface area contributed by atoms with Crippen molar-refractivity contribution < 1.29 is 19.2 Å². The molecule has 0 fully saturated rings. The number of carbonyl (C=O) groups is 1. The zero-order valence-corrected chi connectivity index (χ0v) is 14.9. The Morgan fingerprint density at radius 2 is 1.96 bits per heavy atom. The monoisotopic (exact) mass is 380 g/mol. The van der Waals surface area contributed by atoms with Gasteiger partial charge in [0.25, 0.3) is 0 Å². The lowest BCUT2D eigenvalue weighted by Crippen LogP contribution is -2.07. The molecule has 0 saturated heterocycles. The molecular formula is C19H16N4O5. The van der Waals surface area contributed by atoms with E-state index in [4.69, 9.17) is 9.47 Å². The first-order valence-corrected chi connectivity index (χ1v) is 8.24. The van der Waals surface area contributed by atoms with Gasteiger partial charge in [0.05, 0.1) is 11.0 Å². The predicted octanol–water partition coefficient (Wildman–Crippen LogP) is 3.71. The topological polar surface area (TPSA) is 116 Å². The molecule has 0 radical (unpaired) electrons. The zero-order chi connectivity index (χ0) is 19.9. The number of hydrogen-bond acceptors (Lipinski definition) is 7. The third kappa shape index (κ3) is 5.01. The number of amides is 1. The number of rotatable bonds is 7. The van der Waals surface area contributed by atoms with E-state index in [0.29, 0.717) is 11.6 Å². The lowest BCUT2D eigenvalue weighted by atomic mass is 10.2. The van der Waals surface area contributed by atoms with Crippen LogP contribution in [0, 0.1) is 10.1 Å². The Kier molecular flexibility index (Phi) is 5.75. The van der Waals surface area contributed by atoms with E-state index < -0.39 is 4.92 Å². The average molecular weight is 380 g/mol. The van der Waals surface area contributed by atoms with E-state index in [1.165, 1.54) is 25.3 Å². The van der Waals surface area contributed by atoms with Gasteiger partial charge in [-0.25, -0.2) is 9.97 Å². The van der Waals surface area contributed by atoms with Gasteiger partial charge >= 0.3 is 5.69 Å². The van der Waals surface area contributed by atoms with Gasteiger partial charge in [-0.15, -0.1) is 0 Å². The summed E-state index contributed by atoms with van der Waals surface area (Å²) >= 11 is 0. The molecule has 0 spiro atoms. The Hall–Kier alpha value is -4.01. The van der Waals surface area contributed by atoms with Crippen molar-refractivity contribution in [1.82, 2.24) is 9.97 Å². The molecule has 3 rings (SSSR count). The van der Waals surface area contributed by atoms with Crippen molar-refractivity contribution in [3.63, 3.8) is 0 Å².